The molecule has 2 aromatic rings. The predicted octanol–water partition coefficient (Wildman–Crippen LogP) is 3.66. The van der Waals surface area contributed by atoms with Crippen molar-refractivity contribution in [2.24, 2.45) is 0 Å². The lowest BCUT2D eigenvalue weighted by Crippen LogP contribution is -2.45. The van der Waals surface area contributed by atoms with Gasteiger partial charge in [0.15, 0.2) is 5.11 Å². The number of benzene rings is 2. The zero-order valence-electron chi connectivity index (χ0n) is 11.2. The van der Waals surface area contributed by atoms with Gasteiger partial charge < -0.3 is 5.32 Å². The zero-order valence-corrected chi connectivity index (χ0v) is 13.6. The Kier molecular flexibility index (Phi) is 3.69. The van der Waals surface area contributed by atoms with Crippen LogP contribution in [0, 0.1) is 5.82 Å². The highest BCUT2D eigenvalue weighted by Crippen LogP contribution is 2.27. The molecule has 0 bridgehead atoms. The Balaban J connectivity index is 1.89. The summed E-state index contributed by atoms with van der Waals surface area (Å²) >= 11 is 8.81. The van der Waals surface area contributed by atoms with Gasteiger partial charge in [-0.2, -0.15) is 5.43 Å². The van der Waals surface area contributed by atoms with E-state index in [1.54, 1.807) is 12.1 Å². The third-order valence-corrected chi connectivity index (χ3v) is 4.22. The Labute approximate surface area is 136 Å². The summed E-state index contributed by atoms with van der Waals surface area (Å²) in [4.78, 5) is 0. The van der Waals surface area contributed by atoms with Crippen LogP contribution in [-0.2, 0) is 5.66 Å². The normalized spacial score (nSPS) is 21.5. The van der Waals surface area contributed by atoms with Crippen LogP contribution >= 0.6 is 28.1 Å². The summed E-state index contributed by atoms with van der Waals surface area (Å²) in [6.07, 6.45) is 0. The SMILES string of the molecule is CC1(c2ccc(F)cc2)NC(=S)N(c2ccc(Br)cc2)N1. The minimum absolute atomic E-state index is 0.257. The van der Waals surface area contributed by atoms with Gasteiger partial charge >= 0.3 is 0 Å². The van der Waals surface area contributed by atoms with Gasteiger partial charge in [-0.3, -0.25) is 0 Å². The standard InChI is InChI=1S/C15H13BrFN3S/c1-15(10-2-6-12(17)7-3-10)18-14(21)20(19-15)13-8-4-11(16)5-9-13/h2-9,19H,1H3,(H,18,21). The molecule has 2 aromatic carbocycles. The van der Waals surface area contributed by atoms with Crippen LogP contribution in [0.15, 0.2) is 53.0 Å². The van der Waals surface area contributed by atoms with Crippen molar-refractivity contribution in [2.75, 3.05) is 5.01 Å². The minimum Gasteiger partial charge on any atom is -0.338 e. The number of nitrogens with one attached hydrogen (secondary N) is 2. The zero-order chi connectivity index (χ0) is 15.0. The monoisotopic (exact) mass is 365 g/mol. The first-order valence-electron chi connectivity index (χ1n) is 6.40. The average Bonchev–Trinajstić information content (AvgIpc) is 2.77. The van der Waals surface area contributed by atoms with Crippen LogP contribution in [0.2, 0.25) is 0 Å². The molecule has 6 heteroatoms. The number of hydrogen-bond acceptors (Lipinski definition) is 2. The maximum Gasteiger partial charge on any atom is 0.190 e. The summed E-state index contributed by atoms with van der Waals surface area (Å²) in [5.74, 6) is -0.257. The molecule has 0 aromatic heterocycles. The van der Waals surface area contributed by atoms with Crippen molar-refractivity contribution < 1.29 is 4.39 Å². The van der Waals surface area contributed by atoms with Crippen LogP contribution in [0.1, 0.15) is 12.5 Å². The molecule has 0 spiro atoms. The van der Waals surface area contributed by atoms with Crippen LogP contribution in [0.4, 0.5) is 10.1 Å². The first-order valence-corrected chi connectivity index (χ1v) is 7.60. The molecule has 0 amide bonds. The first kappa shape index (κ1) is 14.4. The van der Waals surface area contributed by atoms with Gasteiger partial charge in [0.1, 0.15) is 11.5 Å². The number of nitrogens with zero attached hydrogens (tertiary/aromatic N) is 1. The number of thiocarbonyl (C=S) groups is 1. The van der Waals surface area contributed by atoms with Crippen molar-refractivity contribution in [3.05, 3.63) is 64.4 Å². The van der Waals surface area contributed by atoms with E-state index in [4.69, 9.17) is 12.2 Å². The van der Waals surface area contributed by atoms with Crippen LogP contribution in [0.5, 0.6) is 0 Å². The van der Waals surface area contributed by atoms with Gasteiger partial charge in [0.2, 0.25) is 0 Å². The number of hydrogen-bond donors (Lipinski definition) is 2. The van der Waals surface area contributed by atoms with Crippen molar-refractivity contribution in [1.82, 2.24) is 10.7 Å². The molecule has 1 atom stereocenters. The van der Waals surface area contributed by atoms with Crippen LogP contribution in [-0.4, -0.2) is 5.11 Å². The van der Waals surface area contributed by atoms with Gasteiger partial charge in [-0.25, -0.2) is 9.40 Å². The van der Waals surface area contributed by atoms with Crippen LogP contribution in [0.25, 0.3) is 0 Å². The highest BCUT2D eigenvalue weighted by atomic mass is 79.9. The second-order valence-corrected chi connectivity index (χ2v) is 6.29. The number of rotatable bonds is 2. The lowest BCUT2D eigenvalue weighted by atomic mass is 10.0. The Morgan fingerprint density at radius 1 is 1.10 bits per heavy atom. The number of hydrazine groups is 1. The Hall–Kier alpha value is -1.50. The quantitative estimate of drug-likeness (QED) is 0.794. The van der Waals surface area contributed by atoms with E-state index in [2.05, 4.69) is 26.7 Å². The maximum atomic E-state index is 13.1. The Bertz CT molecular complexity index is 674. The van der Waals surface area contributed by atoms with E-state index in [-0.39, 0.29) is 5.82 Å². The fraction of sp³-hybridized carbons (Fsp3) is 0.133. The first-order chi connectivity index (χ1) is 9.98. The van der Waals surface area contributed by atoms with Crippen molar-refractivity contribution in [3.8, 4) is 0 Å². The van der Waals surface area contributed by atoms with Crippen molar-refractivity contribution in [2.45, 2.75) is 12.6 Å². The maximum absolute atomic E-state index is 13.1. The molecule has 3 rings (SSSR count). The van der Waals surface area contributed by atoms with Crippen molar-refractivity contribution in [3.63, 3.8) is 0 Å². The average molecular weight is 366 g/mol. The molecule has 2 N–H and O–H groups in total. The molecule has 1 fully saturated rings. The van der Waals surface area contributed by atoms with Gasteiger partial charge in [0, 0.05) is 4.47 Å². The van der Waals surface area contributed by atoms with Gasteiger partial charge in [0.25, 0.3) is 0 Å². The number of halogens is 2. The molecule has 1 aliphatic rings. The highest BCUT2D eigenvalue weighted by molar-refractivity contribution is 9.10. The lowest BCUT2D eigenvalue weighted by Gasteiger charge is -2.26. The largest absolute Gasteiger partial charge is 0.338 e. The summed E-state index contributed by atoms with van der Waals surface area (Å²) in [6.45, 7) is 1.96. The molecule has 1 aliphatic heterocycles. The fourth-order valence-corrected chi connectivity index (χ4v) is 2.88. The molecular formula is C15H13BrFN3S. The van der Waals surface area contributed by atoms with Crippen molar-refractivity contribution in [1.29, 1.82) is 0 Å². The molecule has 0 aliphatic carbocycles. The van der Waals surface area contributed by atoms with E-state index in [0.29, 0.717) is 5.11 Å². The van der Waals surface area contributed by atoms with E-state index < -0.39 is 5.66 Å². The molecule has 1 heterocycles. The molecular weight excluding hydrogens is 353 g/mol. The smallest absolute Gasteiger partial charge is 0.190 e. The summed E-state index contributed by atoms with van der Waals surface area (Å²) in [6, 6.07) is 14.2. The summed E-state index contributed by atoms with van der Waals surface area (Å²) in [5, 5.41) is 5.63. The van der Waals surface area contributed by atoms with E-state index in [9.17, 15) is 4.39 Å². The molecule has 1 unspecified atom stereocenters. The second kappa shape index (κ2) is 5.36. The topological polar surface area (TPSA) is 27.3 Å². The Morgan fingerprint density at radius 3 is 2.33 bits per heavy atom. The molecule has 1 saturated heterocycles. The predicted molar refractivity (Wildman–Crippen MR) is 89.2 cm³/mol. The second-order valence-electron chi connectivity index (χ2n) is 4.99. The van der Waals surface area contributed by atoms with E-state index in [1.165, 1.54) is 12.1 Å². The van der Waals surface area contributed by atoms with Crippen molar-refractivity contribution >= 4 is 38.9 Å². The molecule has 0 saturated carbocycles. The molecule has 3 nitrogen and oxygen atoms in total. The van der Waals surface area contributed by atoms with E-state index in [0.717, 1.165) is 15.7 Å². The van der Waals surface area contributed by atoms with Gasteiger partial charge in [-0.15, -0.1) is 0 Å². The minimum atomic E-state index is -0.572. The van der Waals surface area contributed by atoms with E-state index >= 15 is 0 Å². The third kappa shape index (κ3) is 2.79. The molecule has 21 heavy (non-hydrogen) atoms. The van der Waals surface area contributed by atoms with E-state index in [1.807, 2.05) is 36.2 Å². The summed E-state index contributed by atoms with van der Waals surface area (Å²) in [7, 11) is 0. The third-order valence-electron chi connectivity index (χ3n) is 3.40. The number of anilines is 1. The highest BCUT2D eigenvalue weighted by Gasteiger charge is 2.38. The Morgan fingerprint density at radius 2 is 1.71 bits per heavy atom. The molecule has 0 radical (unpaired) electrons. The summed E-state index contributed by atoms with van der Waals surface area (Å²) in [5.41, 5.74) is 4.60. The van der Waals surface area contributed by atoms with Gasteiger partial charge in [0.05, 0.1) is 5.69 Å². The lowest BCUT2D eigenvalue weighted by molar-refractivity contribution is 0.389. The fourth-order valence-electron chi connectivity index (χ4n) is 2.26. The van der Waals surface area contributed by atoms with Crippen LogP contribution < -0.4 is 15.8 Å². The van der Waals surface area contributed by atoms with Gasteiger partial charge in [-0.05, 0) is 61.1 Å². The summed E-state index contributed by atoms with van der Waals surface area (Å²) < 4.78 is 14.1. The van der Waals surface area contributed by atoms with Crippen LogP contribution in [0.3, 0.4) is 0 Å². The molecule has 108 valence electrons. The van der Waals surface area contributed by atoms with Gasteiger partial charge in [-0.1, -0.05) is 28.1 Å².